The third kappa shape index (κ3) is 4.28. The van der Waals surface area contributed by atoms with Crippen LogP contribution in [0.1, 0.15) is 16.1 Å². The number of halogens is 1. The van der Waals surface area contributed by atoms with Crippen LogP contribution < -0.4 is 15.6 Å². The number of amides is 1. The van der Waals surface area contributed by atoms with Crippen LogP contribution in [0.3, 0.4) is 0 Å². The van der Waals surface area contributed by atoms with Crippen molar-refractivity contribution < 1.29 is 17.6 Å². The molecule has 0 saturated heterocycles. The minimum atomic E-state index is -4.04. The predicted octanol–water partition coefficient (Wildman–Crippen LogP) is 3.11. The number of sulfonamides is 1. The Morgan fingerprint density at radius 2 is 1.94 bits per heavy atom. The van der Waals surface area contributed by atoms with Crippen LogP contribution in [0.2, 0.25) is 0 Å². The number of pyridine rings is 1. The minimum Gasteiger partial charge on any atom is -0.346 e. The molecule has 0 atom stereocenters. The molecule has 0 radical (unpaired) electrons. The summed E-state index contributed by atoms with van der Waals surface area (Å²) in [6.45, 7) is 0.131. The molecule has 172 valence electrons. The maximum Gasteiger partial charge on any atom is 0.261 e. The molecule has 0 unspecified atom stereocenters. The van der Waals surface area contributed by atoms with Gasteiger partial charge in [-0.05, 0) is 42.5 Å². The summed E-state index contributed by atoms with van der Waals surface area (Å²) in [4.78, 5) is 32.7. The maximum atomic E-state index is 13.1. The van der Waals surface area contributed by atoms with E-state index in [4.69, 9.17) is 0 Å². The number of aromatic amines is 1. The van der Waals surface area contributed by atoms with Crippen molar-refractivity contribution in [1.82, 2.24) is 19.7 Å². The minimum absolute atomic E-state index is 0.0265. The molecule has 34 heavy (non-hydrogen) atoms. The Hall–Kier alpha value is -4.03. The van der Waals surface area contributed by atoms with E-state index in [-0.39, 0.29) is 28.1 Å². The van der Waals surface area contributed by atoms with Crippen LogP contribution in [0.4, 0.5) is 10.1 Å². The molecule has 3 aromatic heterocycles. The van der Waals surface area contributed by atoms with Crippen molar-refractivity contribution in [3.8, 4) is 0 Å². The van der Waals surface area contributed by atoms with Gasteiger partial charge in [0.05, 0.1) is 22.7 Å². The Morgan fingerprint density at radius 3 is 2.71 bits per heavy atom. The normalized spacial score (nSPS) is 11.7. The molecule has 3 heterocycles. The fourth-order valence-electron chi connectivity index (χ4n) is 3.45. The van der Waals surface area contributed by atoms with Gasteiger partial charge in [0.15, 0.2) is 4.96 Å². The van der Waals surface area contributed by atoms with E-state index in [0.29, 0.717) is 11.2 Å². The van der Waals surface area contributed by atoms with Crippen molar-refractivity contribution in [2.75, 3.05) is 4.72 Å². The standard InChI is InChI=1S/C22H16FN5O4S2/c23-13-1-3-14(4-2-13)27-34(31,32)16-5-6-19-17(9-16)18(10-20(29)26-19)21(30)24-11-15-12-28-7-8-33-22(28)25-15/h1-10,12,27H,11H2,(H,24,30)(H,26,29). The lowest BCUT2D eigenvalue weighted by Gasteiger charge is -2.11. The number of H-pyrrole nitrogens is 1. The van der Waals surface area contributed by atoms with Crippen LogP contribution in [0, 0.1) is 5.82 Å². The first-order valence-electron chi connectivity index (χ1n) is 9.93. The number of benzene rings is 2. The van der Waals surface area contributed by atoms with Gasteiger partial charge in [0.1, 0.15) is 5.82 Å². The van der Waals surface area contributed by atoms with Crippen molar-refractivity contribution in [2.45, 2.75) is 11.4 Å². The molecule has 0 aliphatic rings. The Bertz CT molecular complexity index is 1680. The van der Waals surface area contributed by atoms with Crippen LogP contribution in [0.15, 0.2) is 76.0 Å². The largest absolute Gasteiger partial charge is 0.346 e. The number of aromatic nitrogens is 3. The topological polar surface area (TPSA) is 125 Å². The Labute approximate surface area is 196 Å². The van der Waals surface area contributed by atoms with E-state index in [1.807, 2.05) is 16.0 Å². The average molecular weight is 498 g/mol. The number of carbonyl (C=O) groups is 1. The molecule has 12 heteroatoms. The van der Waals surface area contributed by atoms with Gasteiger partial charge in [0.25, 0.3) is 15.9 Å². The van der Waals surface area contributed by atoms with E-state index < -0.39 is 27.3 Å². The Balaban J connectivity index is 1.45. The molecule has 5 aromatic rings. The van der Waals surface area contributed by atoms with Crippen molar-refractivity contribution in [3.63, 3.8) is 0 Å². The number of carbonyl (C=O) groups excluding carboxylic acids is 1. The van der Waals surface area contributed by atoms with E-state index >= 15 is 0 Å². The number of thiazole rings is 1. The fraction of sp³-hybridized carbons (Fsp3) is 0.0455. The summed E-state index contributed by atoms with van der Waals surface area (Å²) < 4.78 is 43.1. The van der Waals surface area contributed by atoms with Gasteiger partial charge in [0.2, 0.25) is 5.56 Å². The molecule has 5 rings (SSSR count). The summed E-state index contributed by atoms with van der Waals surface area (Å²) in [6, 6.07) is 10.0. The van der Waals surface area contributed by atoms with Crippen LogP contribution >= 0.6 is 11.3 Å². The van der Waals surface area contributed by atoms with Crippen molar-refractivity contribution in [3.05, 3.63) is 93.7 Å². The third-order valence-corrected chi connectivity index (χ3v) is 7.19. The van der Waals surface area contributed by atoms with Gasteiger partial charge in [0, 0.05) is 40.4 Å². The van der Waals surface area contributed by atoms with Gasteiger partial charge >= 0.3 is 0 Å². The van der Waals surface area contributed by atoms with Gasteiger partial charge in [-0.1, -0.05) is 0 Å². The van der Waals surface area contributed by atoms with Gasteiger partial charge in [-0.3, -0.25) is 18.7 Å². The van der Waals surface area contributed by atoms with Crippen LogP contribution in [0.5, 0.6) is 0 Å². The summed E-state index contributed by atoms with van der Waals surface area (Å²) >= 11 is 1.46. The quantitative estimate of drug-likeness (QED) is 0.332. The van der Waals surface area contributed by atoms with Crippen molar-refractivity contribution in [1.29, 1.82) is 0 Å². The Morgan fingerprint density at radius 1 is 1.15 bits per heavy atom. The van der Waals surface area contributed by atoms with Gasteiger partial charge in [-0.25, -0.2) is 17.8 Å². The number of nitrogens with one attached hydrogen (secondary N) is 3. The zero-order valence-corrected chi connectivity index (χ0v) is 18.9. The van der Waals surface area contributed by atoms with Gasteiger partial charge in [-0.2, -0.15) is 0 Å². The SMILES string of the molecule is O=C(NCc1cn2ccsc2n1)c1cc(=O)[nH]c2ccc(S(=O)(=O)Nc3ccc(F)cc3)cc12. The van der Waals surface area contributed by atoms with E-state index in [2.05, 4.69) is 20.0 Å². The number of hydrogen-bond acceptors (Lipinski definition) is 6. The molecule has 2 aromatic carbocycles. The van der Waals surface area contributed by atoms with Crippen LogP contribution in [-0.4, -0.2) is 28.7 Å². The number of imidazole rings is 1. The second-order valence-corrected chi connectivity index (χ2v) is 9.93. The zero-order chi connectivity index (χ0) is 23.9. The van der Waals surface area contributed by atoms with Crippen molar-refractivity contribution >= 4 is 48.8 Å². The van der Waals surface area contributed by atoms with Crippen LogP contribution in [-0.2, 0) is 16.6 Å². The lowest BCUT2D eigenvalue weighted by atomic mass is 10.1. The number of hydrogen-bond donors (Lipinski definition) is 3. The summed E-state index contributed by atoms with van der Waals surface area (Å²) in [5, 5.41) is 4.87. The first kappa shape index (κ1) is 21.8. The highest BCUT2D eigenvalue weighted by molar-refractivity contribution is 7.92. The first-order valence-corrected chi connectivity index (χ1v) is 12.3. The fourth-order valence-corrected chi connectivity index (χ4v) is 5.25. The molecule has 0 fully saturated rings. The number of rotatable bonds is 6. The Kier molecular flexibility index (Phi) is 5.38. The number of fused-ring (bicyclic) bond motifs is 2. The van der Waals surface area contributed by atoms with E-state index in [0.717, 1.165) is 23.2 Å². The lowest BCUT2D eigenvalue weighted by Crippen LogP contribution is -2.25. The maximum absolute atomic E-state index is 13.1. The predicted molar refractivity (Wildman–Crippen MR) is 126 cm³/mol. The number of nitrogens with zero attached hydrogens (tertiary/aromatic N) is 2. The molecular formula is C22H16FN5O4S2. The summed E-state index contributed by atoms with van der Waals surface area (Å²) in [5.41, 5.74) is 0.654. The second kappa shape index (κ2) is 8.39. The smallest absolute Gasteiger partial charge is 0.261 e. The zero-order valence-electron chi connectivity index (χ0n) is 17.3. The van der Waals surface area contributed by atoms with Gasteiger partial charge < -0.3 is 10.3 Å². The third-order valence-electron chi connectivity index (χ3n) is 5.04. The molecule has 0 aliphatic heterocycles. The summed E-state index contributed by atoms with van der Waals surface area (Å²) in [5.74, 6) is -1.04. The molecule has 3 N–H and O–H groups in total. The molecule has 9 nitrogen and oxygen atoms in total. The molecule has 1 amide bonds. The summed E-state index contributed by atoms with van der Waals surface area (Å²) in [7, 11) is -4.04. The molecular weight excluding hydrogens is 481 g/mol. The van der Waals surface area contributed by atoms with E-state index in [1.54, 1.807) is 6.20 Å². The first-order chi connectivity index (χ1) is 16.3. The monoisotopic (exact) mass is 497 g/mol. The molecule has 0 spiro atoms. The van der Waals surface area contributed by atoms with Gasteiger partial charge in [-0.15, -0.1) is 11.3 Å². The molecule has 0 saturated carbocycles. The average Bonchev–Trinajstić information content (AvgIpc) is 3.40. The summed E-state index contributed by atoms with van der Waals surface area (Å²) in [6.07, 6.45) is 3.64. The molecule has 0 bridgehead atoms. The lowest BCUT2D eigenvalue weighted by molar-refractivity contribution is 0.0952. The number of anilines is 1. The second-order valence-electron chi connectivity index (χ2n) is 7.37. The van der Waals surface area contributed by atoms with Crippen molar-refractivity contribution in [2.24, 2.45) is 0 Å². The molecule has 0 aliphatic carbocycles. The highest BCUT2D eigenvalue weighted by atomic mass is 32.2. The highest BCUT2D eigenvalue weighted by Gasteiger charge is 2.19. The van der Waals surface area contributed by atoms with Crippen LogP contribution in [0.25, 0.3) is 15.9 Å². The highest BCUT2D eigenvalue weighted by Crippen LogP contribution is 2.23. The van der Waals surface area contributed by atoms with E-state index in [1.165, 1.54) is 41.7 Å². The van der Waals surface area contributed by atoms with E-state index in [9.17, 15) is 22.4 Å².